The number of thiazole rings is 2. The number of benzene rings is 2. The highest BCUT2D eigenvalue weighted by Gasteiger charge is 2.25. The molecule has 2 aromatic heterocycles. The average Bonchev–Trinajstić information content (AvgIpc) is 3.24. The van der Waals surface area contributed by atoms with Crippen molar-refractivity contribution in [3.63, 3.8) is 0 Å². The predicted octanol–water partition coefficient (Wildman–Crippen LogP) is 5.00. The molecule has 6 nitrogen and oxygen atoms in total. The zero-order valence-electron chi connectivity index (χ0n) is 14.8. The summed E-state index contributed by atoms with van der Waals surface area (Å²) in [5, 5.41) is 7.20. The van der Waals surface area contributed by atoms with Gasteiger partial charge in [0.25, 0.3) is 0 Å². The van der Waals surface area contributed by atoms with Crippen molar-refractivity contribution in [3.8, 4) is 5.75 Å². The standard InChI is InChI=1S/C19H15FN4O2S2/c1-9-21-13-5-6-14-17(16(13)27-9)28-19(23-14)24-18(25)22-12-7-8-26-15-10(12)3-2-4-11(15)20/h2-6,12H,7-8H2,1H3,(H2,22,23,24,25)/t12-/m0/s1. The maximum Gasteiger partial charge on any atom is 0.321 e. The number of nitrogens with one attached hydrogen (secondary N) is 2. The van der Waals surface area contributed by atoms with Gasteiger partial charge in [0.1, 0.15) is 0 Å². The zero-order valence-corrected chi connectivity index (χ0v) is 16.4. The number of hydrogen-bond donors (Lipinski definition) is 2. The van der Waals surface area contributed by atoms with Crippen LogP contribution in [0.5, 0.6) is 5.75 Å². The molecule has 1 aliphatic rings. The van der Waals surface area contributed by atoms with Gasteiger partial charge in [0, 0.05) is 12.0 Å². The van der Waals surface area contributed by atoms with Gasteiger partial charge >= 0.3 is 6.03 Å². The molecule has 2 aromatic carbocycles. The molecule has 0 unspecified atom stereocenters. The highest BCUT2D eigenvalue weighted by molar-refractivity contribution is 7.28. The third-order valence-electron chi connectivity index (χ3n) is 4.57. The van der Waals surface area contributed by atoms with Crippen LogP contribution in [0.1, 0.15) is 23.0 Å². The number of anilines is 1. The lowest BCUT2D eigenvalue weighted by molar-refractivity contribution is 0.227. The first kappa shape index (κ1) is 17.3. The third kappa shape index (κ3) is 2.96. The van der Waals surface area contributed by atoms with Gasteiger partial charge in [-0.2, -0.15) is 0 Å². The Morgan fingerprint density at radius 3 is 2.82 bits per heavy atom. The van der Waals surface area contributed by atoms with Crippen LogP contribution in [0.25, 0.3) is 20.4 Å². The number of rotatable bonds is 2. The fraction of sp³-hybridized carbons (Fsp3) is 0.211. The summed E-state index contributed by atoms with van der Waals surface area (Å²) in [5.41, 5.74) is 2.41. The number of amides is 2. The Balaban J connectivity index is 1.38. The Morgan fingerprint density at radius 2 is 1.96 bits per heavy atom. The molecular formula is C19H15FN4O2S2. The van der Waals surface area contributed by atoms with Gasteiger partial charge in [-0.25, -0.2) is 19.2 Å². The van der Waals surface area contributed by atoms with E-state index in [1.54, 1.807) is 23.5 Å². The summed E-state index contributed by atoms with van der Waals surface area (Å²) in [4.78, 5) is 21.5. The molecule has 28 heavy (non-hydrogen) atoms. The quantitative estimate of drug-likeness (QED) is 0.484. The van der Waals surface area contributed by atoms with E-state index < -0.39 is 5.82 Å². The number of hydrogen-bond acceptors (Lipinski definition) is 6. The Bertz CT molecular complexity index is 1220. The van der Waals surface area contributed by atoms with E-state index in [-0.39, 0.29) is 17.8 Å². The van der Waals surface area contributed by atoms with Gasteiger partial charge in [-0.3, -0.25) is 5.32 Å². The molecular weight excluding hydrogens is 399 g/mol. The Labute approximate surface area is 167 Å². The van der Waals surface area contributed by atoms with E-state index in [0.29, 0.717) is 23.7 Å². The average molecular weight is 414 g/mol. The molecule has 5 rings (SSSR count). The number of aryl methyl sites for hydroxylation is 1. The van der Waals surface area contributed by atoms with E-state index in [0.717, 1.165) is 25.4 Å². The van der Waals surface area contributed by atoms with Crippen molar-refractivity contribution in [3.05, 3.63) is 46.7 Å². The number of urea groups is 1. The molecule has 2 N–H and O–H groups in total. The maximum atomic E-state index is 13.9. The second-order valence-electron chi connectivity index (χ2n) is 6.46. The first-order valence-corrected chi connectivity index (χ1v) is 10.4. The molecule has 1 atom stereocenters. The smallest absolute Gasteiger partial charge is 0.321 e. The van der Waals surface area contributed by atoms with Crippen LogP contribution in [0, 0.1) is 12.7 Å². The number of carbonyl (C=O) groups is 1. The van der Waals surface area contributed by atoms with Crippen LogP contribution in [0.3, 0.4) is 0 Å². The van der Waals surface area contributed by atoms with Gasteiger partial charge in [-0.1, -0.05) is 23.5 Å². The van der Waals surface area contributed by atoms with E-state index in [2.05, 4.69) is 20.6 Å². The first-order chi connectivity index (χ1) is 13.6. The van der Waals surface area contributed by atoms with Crippen LogP contribution < -0.4 is 15.4 Å². The topological polar surface area (TPSA) is 76.1 Å². The van der Waals surface area contributed by atoms with E-state index in [1.165, 1.54) is 17.4 Å². The Morgan fingerprint density at radius 1 is 1.18 bits per heavy atom. The fourth-order valence-corrected chi connectivity index (χ4v) is 5.37. The van der Waals surface area contributed by atoms with Crippen molar-refractivity contribution in [2.75, 3.05) is 11.9 Å². The monoisotopic (exact) mass is 414 g/mol. The molecule has 2 amide bonds. The summed E-state index contributed by atoms with van der Waals surface area (Å²) in [6.07, 6.45) is 0.574. The number of halogens is 1. The van der Waals surface area contributed by atoms with E-state index in [9.17, 15) is 9.18 Å². The summed E-state index contributed by atoms with van der Waals surface area (Å²) in [7, 11) is 0. The zero-order chi connectivity index (χ0) is 19.3. The molecule has 0 bridgehead atoms. The number of ether oxygens (including phenoxy) is 1. The van der Waals surface area contributed by atoms with Crippen LogP contribution >= 0.6 is 22.7 Å². The van der Waals surface area contributed by atoms with Crippen molar-refractivity contribution in [2.45, 2.75) is 19.4 Å². The Hall–Kier alpha value is -2.78. The minimum Gasteiger partial charge on any atom is -0.490 e. The van der Waals surface area contributed by atoms with Crippen LogP contribution in [-0.2, 0) is 0 Å². The largest absolute Gasteiger partial charge is 0.490 e. The van der Waals surface area contributed by atoms with Gasteiger partial charge in [-0.15, -0.1) is 11.3 Å². The predicted molar refractivity (Wildman–Crippen MR) is 109 cm³/mol. The number of aromatic nitrogens is 2. The third-order valence-corrected chi connectivity index (χ3v) is 6.71. The molecule has 0 fully saturated rings. The summed E-state index contributed by atoms with van der Waals surface area (Å²) in [5.74, 6) is -0.207. The number of para-hydroxylation sites is 1. The van der Waals surface area contributed by atoms with Gasteiger partial charge in [0.15, 0.2) is 16.7 Å². The molecule has 0 saturated heterocycles. The van der Waals surface area contributed by atoms with Crippen molar-refractivity contribution < 1.29 is 13.9 Å². The molecule has 0 radical (unpaired) electrons. The highest BCUT2D eigenvalue weighted by atomic mass is 32.1. The molecule has 3 heterocycles. The van der Waals surface area contributed by atoms with Gasteiger partial charge < -0.3 is 10.1 Å². The number of carbonyl (C=O) groups excluding carboxylic acids is 1. The summed E-state index contributed by atoms with van der Waals surface area (Å²) in [6.45, 7) is 2.32. The fourth-order valence-electron chi connectivity index (χ4n) is 3.37. The second kappa shape index (κ2) is 6.68. The number of fused-ring (bicyclic) bond motifs is 4. The lowest BCUT2D eigenvalue weighted by Gasteiger charge is -2.26. The van der Waals surface area contributed by atoms with Crippen molar-refractivity contribution >= 4 is 54.3 Å². The van der Waals surface area contributed by atoms with Gasteiger partial charge in [0.05, 0.1) is 38.1 Å². The normalized spacial score (nSPS) is 16.0. The molecule has 9 heteroatoms. The molecule has 1 aliphatic heterocycles. The van der Waals surface area contributed by atoms with Crippen molar-refractivity contribution in [1.82, 2.24) is 15.3 Å². The lowest BCUT2D eigenvalue weighted by atomic mass is 10.0. The number of nitrogens with zero attached hydrogens (tertiary/aromatic N) is 2. The van der Waals surface area contributed by atoms with Crippen LogP contribution in [-0.4, -0.2) is 22.6 Å². The van der Waals surface area contributed by atoms with E-state index >= 15 is 0 Å². The van der Waals surface area contributed by atoms with Gasteiger partial charge in [0.2, 0.25) is 0 Å². The molecule has 0 spiro atoms. The van der Waals surface area contributed by atoms with Crippen molar-refractivity contribution in [1.29, 1.82) is 0 Å². The SMILES string of the molecule is Cc1nc2ccc3nc(NC(=O)N[C@H]4CCOc5c(F)cccc54)sc3c2s1. The first-order valence-electron chi connectivity index (χ1n) is 8.74. The highest BCUT2D eigenvalue weighted by Crippen LogP contribution is 2.36. The van der Waals surface area contributed by atoms with Crippen LogP contribution in [0.15, 0.2) is 30.3 Å². The summed E-state index contributed by atoms with van der Waals surface area (Å²) >= 11 is 3.04. The minimum atomic E-state index is -0.417. The molecule has 4 aromatic rings. The molecule has 0 aliphatic carbocycles. The van der Waals surface area contributed by atoms with Crippen LogP contribution in [0.4, 0.5) is 14.3 Å². The molecule has 142 valence electrons. The summed E-state index contributed by atoms with van der Waals surface area (Å²) < 4.78 is 21.4. The summed E-state index contributed by atoms with van der Waals surface area (Å²) in [6, 6.07) is 7.90. The van der Waals surface area contributed by atoms with Gasteiger partial charge in [-0.05, 0) is 25.1 Å². The maximum absolute atomic E-state index is 13.9. The molecule has 0 saturated carbocycles. The van der Waals surface area contributed by atoms with E-state index in [4.69, 9.17) is 4.74 Å². The second-order valence-corrected chi connectivity index (χ2v) is 8.66. The van der Waals surface area contributed by atoms with E-state index in [1.807, 2.05) is 19.1 Å². The van der Waals surface area contributed by atoms with Crippen LogP contribution in [0.2, 0.25) is 0 Å². The van der Waals surface area contributed by atoms with Crippen molar-refractivity contribution in [2.24, 2.45) is 0 Å². The lowest BCUT2D eigenvalue weighted by Crippen LogP contribution is -2.35. The minimum absolute atomic E-state index is 0.210. The Kier molecular flexibility index (Phi) is 4.13.